The summed E-state index contributed by atoms with van der Waals surface area (Å²) in [5.41, 5.74) is 6.86. The third-order valence-corrected chi connectivity index (χ3v) is 2.60. The van der Waals surface area contributed by atoms with Crippen molar-refractivity contribution in [3.05, 3.63) is 47.1 Å². The lowest BCUT2D eigenvalue weighted by atomic mass is 10.2. The third kappa shape index (κ3) is 2.06. The smallest absolute Gasteiger partial charge is 0.106 e. The number of hydrogen-bond acceptors (Lipinski definition) is 3. The molecule has 1 aromatic carbocycles. The van der Waals surface area contributed by atoms with Crippen molar-refractivity contribution in [2.24, 2.45) is 0 Å². The fourth-order valence-electron chi connectivity index (χ4n) is 1.18. The minimum Gasteiger partial charge on any atom is -0.389 e. The molecule has 2 nitrogen and oxygen atoms in total. The number of anilines is 1. The molecule has 0 spiro atoms. The molecule has 0 aliphatic heterocycles. The Morgan fingerprint density at radius 3 is 2.62 bits per heavy atom. The van der Waals surface area contributed by atoms with Gasteiger partial charge in [0.25, 0.3) is 0 Å². The van der Waals surface area contributed by atoms with Gasteiger partial charge in [0.15, 0.2) is 0 Å². The minimum atomic E-state index is 0.783. The van der Waals surface area contributed by atoms with Crippen molar-refractivity contribution in [2.45, 2.75) is 6.42 Å². The first-order chi connectivity index (χ1) is 6.34. The van der Waals surface area contributed by atoms with Gasteiger partial charge in [-0.1, -0.05) is 30.3 Å². The first-order valence-electron chi connectivity index (χ1n) is 4.09. The molecule has 13 heavy (non-hydrogen) atoms. The predicted molar refractivity (Wildman–Crippen MR) is 55.8 cm³/mol. The largest absolute Gasteiger partial charge is 0.389 e. The van der Waals surface area contributed by atoms with Gasteiger partial charge in [0.05, 0.1) is 11.2 Å². The topological polar surface area (TPSA) is 38.9 Å². The lowest BCUT2D eigenvalue weighted by Crippen LogP contribution is -1.84. The molecule has 3 heteroatoms. The molecule has 0 atom stereocenters. The van der Waals surface area contributed by atoms with E-state index in [0.29, 0.717) is 0 Å². The van der Waals surface area contributed by atoms with E-state index in [2.05, 4.69) is 17.1 Å². The molecule has 2 aromatic rings. The number of hydrogen-bond donors (Lipinski definition) is 1. The van der Waals surface area contributed by atoms with Crippen molar-refractivity contribution in [1.29, 1.82) is 0 Å². The van der Waals surface area contributed by atoms with Crippen LogP contribution >= 0.6 is 11.3 Å². The zero-order chi connectivity index (χ0) is 9.10. The van der Waals surface area contributed by atoms with Gasteiger partial charge in [-0.2, -0.15) is 0 Å². The van der Waals surface area contributed by atoms with E-state index < -0.39 is 0 Å². The lowest BCUT2D eigenvalue weighted by Gasteiger charge is -1.95. The zero-order valence-corrected chi connectivity index (χ0v) is 7.92. The Morgan fingerprint density at radius 2 is 2.00 bits per heavy atom. The van der Waals surface area contributed by atoms with Crippen LogP contribution in [0.25, 0.3) is 0 Å². The number of rotatable bonds is 2. The summed E-state index contributed by atoms with van der Waals surface area (Å²) in [6, 6.07) is 10.3. The maximum Gasteiger partial charge on any atom is 0.106 e. The van der Waals surface area contributed by atoms with E-state index in [9.17, 15) is 0 Å². The van der Waals surface area contributed by atoms with Crippen molar-refractivity contribution < 1.29 is 0 Å². The van der Waals surface area contributed by atoms with Gasteiger partial charge < -0.3 is 5.73 Å². The van der Waals surface area contributed by atoms with Crippen LogP contribution in [0.3, 0.4) is 0 Å². The highest BCUT2D eigenvalue weighted by Crippen LogP contribution is 2.17. The second-order valence-corrected chi connectivity index (χ2v) is 3.97. The number of thiazole rings is 1. The van der Waals surface area contributed by atoms with E-state index >= 15 is 0 Å². The molecule has 1 heterocycles. The van der Waals surface area contributed by atoms with Crippen molar-refractivity contribution in [3.63, 3.8) is 0 Å². The Hall–Kier alpha value is -1.35. The number of nitrogens with zero attached hydrogens (tertiary/aromatic N) is 1. The fourth-order valence-corrected chi connectivity index (χ4v) is 1.90. The zero-order valence-electron chi connectivity index (χ0n) is 7.10. The average Bonchev–Trinajstić information content (AvgIpc) is 2.53. The summed E-state index contributed by atoms with van der Waals surface area (Å²) in [6.45, 7) is 0. The summed E-state index contributed by atoms with van der Waals surface area (Å²) in [4.78, 5) is 4.20. The van der Waals surface area contributed by atoms with Crippen molar-refractivity contribution in [3.8, 4) is 0 Å². The van der Waals surface area contributed by atoms with Gasteiger partial charge in [-0.25, -0.2) is 4.98 Å². The predicted octanol–water partition coefficient (Wildman–Crippen LogP) is 2.32. The fraction of sp³-hybridized carbons (Fsp3) is 0.100. The highest BCUT2D eigenvalue weighted by atomic mass is 32.1. The Kier molecular flexibility index (Phi) is 2.27. The molecule has 0 saturated carbocycles. The molecule has 2 N–H and O–H groups in total. The quantitative estimate of drug-likeness (QED) is 0.789. The lowest BCUT2D eigenvalue weighted by molar-refractivity contribution is 1.14. The summed E-state index contributed by atoms with van der Waals surface area (Å²) in [7, 11) is 0. The van der Waals surface area contributed by atoms with Crippen LogP contribution in [0, 0.1) is 0 Å². The number of aromatic nitrogens is 1. The molecule has 2 rings (SSSR count). The molecule has 0 bridgehead atoms. The van der Waals surface area contributed by atoms with Gasteiger partial charge >= 0.3 is 0 Å². The molecule has 0 radical (unpaired) electrons. The molecular weight excluding hydrogens is 180 g/mol. The standard InChI is InChI=1S/C10H10N2S/c11-9-7-12-10(13-9)6-8-4-2-1-3-5-8/h1-5,7H,6,11H2. The Morgan fingerprint density at radius 1 is 1.23 bits per heavy atom. The summed E-state index contributed by atoms with van der Waals surface area (Å²) in [6.07, 6.45) is 2.59. The van der Waals surface area contributed by atoms with Crippen molar-refractivity contribution >= 4 is 16.3 Å². The summed E-state index contributed by atoms with van der Waals surface area (Å²) < 4.78 is 0. The maximum atomic E-state index is 5.59. The van der Waals surface area contributed by atoms with Crippen LogP contribution in [-0.4, -0.2) is 4.98 Å². The van der Waals surface area contributed by atoms with Gasteiger partial charge in [0, 0.05) is 6.42 Å². The Balaban J connectivity index is 2.15. The molecule has 0 fully saturated rings. The number of nitrogens with two attached hydrogens (primary N) is 1. The first-order valence-corrected chi connectivity index (χ1v) is 4.90. The molecule has 0 unspecified atom stereocenters. The van der Waals surface area contributed by atoms with Crippen LogP contribution < -0.4 is 5.73 Å². The second kappa shape index (κ2) is 3.58. The molecule has 66 valence electrons. The molecule has 0 aliphatic carbocycles. The van der Waals surface area contributed by atoms with Crippen molar-refractivity contribution in [2.75, 3.05) is 5.73 Å². The molecular formula is C10H10N2S. The summed E-state index contributed by atoms with van der Waals surface area (Å²) in [5, 5.41) is 1.86. The third-order valence-electron chi connectivity index (χ3n) is 1.77. The van der Waals surface area contributed by atoms with Gasteiger partial charge in [-0.15, -0.1) is 11.3 Å². The maximum absolute atomic E-state index is 5.59. The highest BCUT2D eigenvalue weighted by molar-refractivity contribution is 7.15. The van der Waals surface area contributed by atoms with Gasteiger partial charge in [0.2, 0.25) is 0 Å². The Labute approximate surface area is 81.1 Å². The van der Waals surface area contributed by atoms with E-state index in [-0.39, 0.29) is 0 Å². The molecule has 0 amide bonds. The number of nitrogen functional groups attached to an aromatic ring is 1. The van der Waals surface area contributed by atoms with Crippen LogP contribution in [0.5, 0.6) is 0 Å². The van der Waals surface area contributed by atoms with Crippen LogP contribution in [0.2, 0.25) is 0 Å². The van der Waals surface area contributed by atoms with E-state index in [1.54, 1.807) is 17.5 Å². The summed E-state index contributed by atoms with van der Waals surface area (Å²) in [5.74, 6) is 0. The van der Waals surface area contributed by atoms with E-state index in [4.69, 9.17) is 5.73 Å². The van der Waals surface area contributed by atoms with Gasteiger partial charge in [0.1, 0.15) is 5.00 Å². The van der Waals surface area contributed by atoms with Gasteiger partial charge in [-0.05, 0) is 5.56 Å². The summed E-state index contributed by atoms with van der Waals surface area (Å²) >= 11 is 1.55. The number of benzene rings is 1. The van der Waals surface area contributed by atoms with Crippen LogP contribution in [0.4, 0.5) is 5.00 Å². The van der Waals surface area contributed by atoms with Crippen molar-refractivity contribution in [1.82, 2.24) is 4.98 Å². The first kappa shape index (κ1) is 8.26. The van der Waals surface area contributed by atoms with E-state index in [1.165, 1.54) is 5.56 Å². The monoisotopic (exact) mass is 190 g/mol. The SMILES string of the molecule is Nc1cnc(Cc2ccccc2)s1. The van der Waals surface area contributed by atoms with Crippen LogP contribution in [0.15, 0.2) is 36.5 Å². The van der Waals surface area contributed by atoms with E-state index in [0.717, 1.165) is 16.4 Å². The van der Waals surface area contributed by atoms with Gasteiger partial charge in [-0.3, -0.25) is 0 Å². The van der Waals surface area contributed by atoms with E-state index in [1.807, 2.05) is 18.2 Å². The second-order valence-electron chi connectivity index (χ2n) is 2.82. The van der Waals surface area contributed by atoms with Crippen LogP contribution in [0.1, 0.15) is 10.6 Å². The molecule has 0 saturated heterocycles. The molecule has 0 aliphatic rings. The Bertz CT molecular complexity index is 381. The highest BCUT2D eigenvalue weighted by Gasteiger charge is 1.99. The molecule has 1 aromatic heterocycles. The minimum absolute atomic E-state index is 0.783. The van der Waals surface area contributed by atoms with Crippen LogP contribution in [-0.2, 0) is 6.42 Å². The normalized spacial score (nSPS) is 10.2. The average molecular weight is 190 g/mol.